The number of carbonyl (C=O) groups is 2. The number of hydrogen-bond acceptors (Lipinski definition) is 7. The summed E-state index contributed by atoms with van der Waals surface area (Å²) >= 11 is 0.735. The lowest BCUT2D eigenvalue weighted by atomic mass is 9.89. The summed E-state index contributed by atoms with van der Waals surface area (Å²) in [6.07, 6.45) is -9.23. The van der Waals surface area contributed by atoms with Crippen LogP contribution in [0.1, 0.15) is 64.0 Å². The van der Waals surface area contributed by atoms with Gasteiger partial charge >= 0.3 is 12.4 Å². The van der Waals surface area contributed by atoms with Crippen molar-refractivity contribution in [1.29, 1.82) is 0 Å². The number of hydrogen-bond donors (Lipinski definition) is 2. The molecule has 0 radical (unpaired) electrons. The highest BCUT2D eigenvalue weighted by Gasteiger charge is 2.71. The molecule has 0 spiro atoms. The fraction of sp³-hybridized carbons (Fsp3) is 0.560. The standard InChI is InChI=1S/C25H27F6N3O5S2/c1-12-9-14(23(37,24(26,27)28)25(29,30)31)6-7-17(12)19-18(22(36)34-8-4-5-13(34)2)33-21(40-19)20(35)32-15-10-16(11-15)41(3,38)39/h6-7,9,13,15-16,37H,4-5,8,10-11H2,1-3H3,(H,32,35)/t13-,15?,16?/m0/s1. The third-order valence-corrected chi connectivity index (χ3v) is 10.3. The number of aromatic nitrogens is 1. The number of rotatable bonds is 6. The number of alkyl halides is 6. The maximum absolute atomic E-state index is 13.5. The number of thiazole rings is 1. The van der Waals surface area contributed by atoms with E-state index in [2.05, 4.69) is 10.3 Å². The van der Waals surface area contributed by atoms with Crippen LogP contribution >= 0.6 is 11.3 Å². The number of nitrogens with zero attached hydrogens (tertiary/aromatic N) is 2. The van der Waals surface area contributed by atoms with Gasteiger partial charge < -0.3 is 15.3 Å². The van der Waals surface area contributed by atoms with Crippen LogP contribution in [0.4, 0.5) is 26.3 Å². The summed E-state index contributed by atoms with van der Waals surface area (Å²) in [6, 6.07) is 1.34. The topological polar surface area (TPSA) is 117 Å². The fourth-order valence-corrected chi connectivity index (χ4v) is 7.24. The minimum atomic E-state index is -6.07. The number of nitrogens with one attached hydrogen (secondary N) is 1. The Balaban J connectivity index is 1.73. The molecule has 1 atom stereocenters. The summed E-state index contributed by atoms with van der Waals surface area (Å²) in [5, 5.41) is 11.7. The predicted molar refractivity (Wildman–Crippen MR) is 137 cm³/mol. The second kappa shape index (κ2) is 10.5. The molecule has 16 heteroatoms. The largest absolute Gasteiger partial charge is 0.430 e. The van der Waals surface area contributed by atoms with Gasteiger partial charge in [-0.1, -0.05) is 18.2 Å². The SMILES string of the molecule is Cc1cc(C(O)(C(F)(F)F)C(F)(F)F)ccc1-c1sc(C(=O)NC2CC(S(C)(=O)=O)C2)nc1C(=O)N1CCC[C@@H]1C. The number of carbonyl (C=O) groups excluding carboxylic acids is 2. The van der Waals surface area contributed by atoms with Gasteiger partial charge in [-0.05, 0) is 50.7 Å². The van der Waals surface area contributed by atoms with E-state index < -0.39 is 56.5 Å². The van der Waals surface area contributed by atoms with Gasteiger partial charge in [0.1, 0.15) is 15.5 Å². The van der Waals surface area contributed by atoms with E-state index in [0.717, 1.165) is 23.7 Å². The lowest BCUT2D eigenvalue weighted by molar-refractivity contribution is -0.376. The number of likely N-dealkylation sites (tertiary alicyclic amines) is 1. The van der Waals surface area contributed by atoms with Crippen molar-refractivity contribution in [3.8, 4) is 10.4 Å². The van der Waals surface area contributed by atoms with E-state index in [0.29, 0.717) is 31.5 Å². The van der Waals surface area contributed by atoms with E-state index in [1.807, 2.05) is 6.92 Å². The molecule has 1 aromatic carbocycles. The van der Waals surface area contributed by atoms with Gasteiger partial charge in [0.15, 0.2) is 5.01 Å². The Labute approximate surface area is 235 Å². The Morgan fingerprint density at radius 2 is 1.73 bits per heavy atom. The van der Waals surface area contributed by atoms with Gasteiger partial charge in [0, 0.05) is 30.4 Å². The van der Waals surface area contributed by atoms with E-state index in [-0.39, 0.29) is 45.6 Å². The van der Waals surface area contributed by atoms with Crippen LogP contribution in [-0.4, -0.2) is 77.7 Å². The Bertz CT molecular complexity index is 1450. The smallest absolute Gasteiger partial charge is 0.369 e. The van der Waals surface area contributed by atoms with Crippen LogP contribution in [0.25, 0.3) is 10.4 Å². The van der Waals surface area contributed by atoms with Crippen molar-refractivity contribution < 1.29 is 49.5 Å². The monoisotopic (exact) mass is 627 g/mol. The van der Waals surface area contributed by atoms with Crippen molar-refractivity contribution in [1.82, 2.24) is 15.2 Å². The summed E-state index contributed by atoms with van der Waals surface area (Å²) in [4.78, 5) is 32.3. The second-order valence-corrected chi connectivity index (χ2v) is 13.8. The van der Waals surface area contributed by atoms with Gasteiger partial charge in [-0.25, -0.2) is 13.4 Å². The molecule has 1 saturated carbocycles. The van der Waals surface area contributed by atoms with Crippen molar-refractivity contribution >= 4 is 33.0 Å². The maximum Gasteiger partial charge on any atom is 0.430 e. The van der Waals surface area contributed by atoms with Crippen LogP contribution in [0.2, 0.25) is 0 Å². The molecule has 41 heavy (non-hydrogen) atoms. The zero-order chi connectivity index (χ0) is 30.7. The number of amides is 2. The molecule has 2 amide bonds. The highest BCUT2D eigenvalue weighted by Crippen LogP contribution is 2.50. The Morgan fingerprint density at radius 1 is 1.12 bits per heavy atom. The Morgan fingerprint density at radius 3 is 2.22 bits per heavy atom. The first-order valence-electron chi connectivity index (χ1n) is 12.5. The molecule has 8 nitrogen and oxygen atoms in total. The molecule has 1 aromatic heterocycles. The van der Waals surface area contributed by atoms with Crippen LogP contribution in [0.3, 0.4) is 0 Å². The minimum Gasteiger partial charge on any atom is -0.369 e. The third kappa shape index (κ3) is 5.69. The molecule has 0 bridgehead atoms. The predicted octanol–water partition coefficient (Wildman–Crippen LogP) is 4.36. The molecule has 0 unspecified atom stereocenters. The van der Waals surface area contributed by atoms with Crippen molar-refractivity contribution in [3.63, 3.8) is 0 Å². The number of aliphatic hydroxyl groups is 1. The number of halogens is 6. The lowest BCUT2D eigenvalue weighted by Gasteiger charge is -2.34. The minimum absolute atomic E-state index is 0.0629. The van der Waals surface area contributed by atoms with E-state index in [1.54, 1.807) is 0 Å². The average Bonchev–Trinajstić information content (AvgIpc) is 3.44. The summed E-state index contributed by atoms with van der Waals surface area (Å²) in [5.41, 5.74) is -6.82. The zero-order valence-electron chi connectivity index (χ0n) is 22.1. The van der Waals surface area contributed by atoms with Gasteiger partial charge in [0.05, 0.1) is 10.1 Å². The van der Waals surface area contributed by atoms with Crippen molar-refractivity contribution in [3.05, 3.63) is 40.0 Å². The molecule has 2 heterocycles. The lowest BCUT2D eigenvalue weighted by Crippen LogP contribution is -2.53. The van der Waals surface area contributed by atoms with Gasteiger partial charge in [-0.2, -0.15) is 26.3 Å². The Kier molecular flexibility index (Phi) is 8.01. The molecule has 1 aliphatic carbocycles. The van der Waals surface area contributed by atoms with E-state index in [9.17, 15) is 49.5 Å². The first-order chi connectivity index (χ1) is 18.8. The first-order valence-corrected chi connectivity index (χ1v) is 15.3. The van der Waals surface area contributed by atoms with Crippen LogP contribution in [0.15, 0.2) is 18.2 Å². The summed E-state index contributed by atoms with van der Waals surface area (Å²) in [6.45, 7) is 3.43. The van der Waals surface area contributed by atoms with Gasteiger partial charge in [-0.15, -0.1) is 11.3 Å². The number of benzene rings is 1. The summed E-state index contributed by atoms with van der Waals surface area (Å²) < 4.78 is 104. The maximum atomic E-state index is 13.5. The van der Waals surface area contributed by atoms with Crippen LogP contribution in [-0.2, 0) is 15.4 Å². The molecule has 2 N–H and O–H groups in total. The average molecular weight is 628 g/mol. The van der Waals surface area contributed by atoms with E-state index in [4.69, 9.17) is 0 Å². The quantitative estimate of drug-likeness (QED) is 0.460. The summed E-state index contributed by atoms with van der Waals surface area (Å²) in [5.74, 6) is -1.24. The highest BCUT2D eigenvalue weighted by molar-refractivity contribution is 7.91. The molecule has 2 fully saturated rings. The molecule has 2 aliphatic rings. The van der Waals surface area contributed by atoms with Gasteiger partial charge in [0.2, 0.25) is 0 Å². The number of aryl methyl sites for hydroxylation is 1. The molecule has 2 aromatic rings. The summed E-state index contributed by atoms with van der Waals surface area (Å²) in [7, 11) is -3.27. The van der Waals surface area contributed by atoms with Gasteiger partial charge in [0.25, 0.3) is 17.4 Å². The molecule has 4 rings (SSSR count). The molecular weight excluding hydrogens is 600 g/mol. The van der Waals surface area contributed by atoms with Crippen LogP contribution < -0.4 is 5.32 Å². The second-order valence-electron chi connectivity index (χ2n) is 10.5. The normalized spacial score (nSPS) is 22.0. The van der Waals surface area contributed by atoms with Crippen LogP contribution in [0, 0.1) is 6.92 Å². The zero-order valence-corrected chi connectivity index (χ0v) is 23.7. The molecule has 1 aliphatic heterocycles. The number of sulfone groups is 1. The van der Waals surface area contributed by atoms with Crippen LogP contribution in [0.5, 0.6) is 0 Å². The van der Waals surface area contributed by atoms with Crippen molar-refractivity contribution in [2.45, 2.75) is 74.8 Å². The first kappa shape index (κ1) is 31.2. The Hall–Kier alpha value is -2.72. The van der Waals surface area contributed by atoms with Crippen molar-refractivity contribution in [2.24, 2.45) is 0 Å². The molecular formula is C25H27F6N3O5S2. The molecule has 226 valence electrons. The third-order valence-electron chi connectivity index (χ3n) is 7.58. The van der Waals surface area contributed by atoms with Gasteiger partial charge in [-0.3, -0.25) is 9.59 Å². The van der Waals surface area contributed by atoms with E-state index >= 15 is 0 Å². The fourth-order valence-electron chi connectivity index (χ4n) is 5.03. The molecule has 1 saturated heterocycles. The van der Waals surface area contributed by atoms with Crippen molar-refractivity contribution in [2.75, 3.05) is 12.8 Å². The highest BCUT2D eigenvalue weighted by atomic mass is 32.2. The van der Waals surface area contributed by atoms with E-state index in [1.165, 1.54) is 11.8 Å².